The first-order valence-electron chi connectivity index (χ1n) is 5.41. The molecule has 0 aliphatic carbocycles. The second-order valence-corrected chi connectivity index (χ2v) is 6.31. The van der Waals surface area contributed by atoms with Crippen molar-refractivity contribution in [3.05, 3.63) is 11.2 Å². The number of methoxy groups -OCH3 is 1. The third kappa shape index (κ3) is 4.27. The fourth-order valence-corrected chi connectivity index (χ4v) is 3.51. The molecule has 9 heteroatoms. The van der Waals surface area contributed by atoms with Crippen LogP contribution in [0.5, 0.6) is 0 Å². The van der Waals surface area contributed by atoms with E-state index in [1.54, 1.807) is 0 Å². The molecule has 0 bridgehead atoms. The summed E-state index contributed by atoms with van der Waals surface area (Å²) in [5.74, 6) is -0.786. The molecule has 0 amide bonds. The number of esters is 1. The molecule has 1 rings (SSSR count). The summed E-state index contributed by atoms with van der Waals surface area (Å²) in [6, 6.07) is 1.98. The SMILES string of the molecule is COC(=O)c1ncsc1S(=O)(=O)NCCCCC#N. The zero-order valence-corrected chi connectivity index (χ0v) is 11.9. The van der Waals surface area contributed by atoms with E-state index in [1.165, 1.54) is 5.51 Å². The summed E-state index contributed by atoms with van der Waals surface area (Å²) in [4.78, 5) is 15.0. The number of carbonyl (C=O) groups excluding carboxylic acids is 1. The number of carbonyl (C=O) groups is 1. The van der Waals surface area contributed by atoms with Crippen LogP contribution in [-0.2, 0) is 14.8 Å². The maximum absolute atomic E-state index is 12.0. The van der Waals surface area contributed by atoms with Gasteiger partial charge in [-0.2, -0.15) is 5.26 Å². The average molecular weight is 303 g/mol. The Hall–Kier alpha value is -1.50. The van der Waals surface area contributed by atoms with Crippen LogP contribution in [0.15, 0.2) is 9.72 Å². The first kappa shape index (κ1) is 15.6. The van der Waals surface area contributed by atoms with E-state index >= 15 is 0 Å². The second-order valence-electron chi connectivity index (χ2n) is 3.49. The third-order valence-corrected chi connectivity index (χ3v) is 5.00. The number of aromatic nitrogens is 1. The Morgan fingerprint density at radius 3 is 2.95 bits per heavy atom. The van der Waals surface area contributed by atoms with Gasteiger partial charge in [-0.3, -0.25) is 0 Å². The van der Waals surface area contributed by atoms with Crippen LogP contribution in [0.3, 0.4) is 0 Å². The van der Waals surface area contributed by atoms with Crippen LogP contribution in [0.2, 0.25) is 0 Å². The highest BCUT2D eigenvalue weighted by atomic mass is 32.2. The molecule has 0 fully saturated rings. The Kier molecular flexibility index (Phi) is 5.88. The monoisotopic (exact) mass is 303 g/mol. The first-order valence-corrected chi connectivity index (χ1v) is 7.77. The van der Waals surface area contributed by atoms with Gasteiger partial charge in [0, 0.05) is 13.0 Å². The van der Waals surface area contributed by atoms with Crippen LogP contribution in [0.4, 0.5) is 0 Å². The van der Waals surface area contributed by atoms with Crippen molar-refractivity contribution in [1.82, 2.24) is 9.71 Å². The maximum Gasteiger partial charge on any atom is 0.358 e. The summed E-state index contributed by atoms with van der Waals surface area (Å²) in [6.07, 6.45) is 1.56. The molecule has 7 nitrogen and oxygen atoms in total. The minimum Gasteiger partial charge on any atom is -0.464 e. The number of nitriles is 1. The molecule has 0 unspecified atom stereocenters. The third-order valence-electron chi connectivity index (χ3n) is 2.17. The number of unbranched alkanes of at least 4 members (excludes halogenated alkanes) is 2. The Labute approximate surface area is 115 Å². The number of ether oxygens (including phenoxy) is 1. The van der Waals surface area contributed by atoms with Gasteiger partial charge in [-0.15, -0.1) is 11.3 Å². The molecule has 19 heavy (non-hydrogen) atoms. The smallest absolute Gasteiger partial charge is 0.358 e. The summed E-state index contributed by atoms with van der Waals surface area (Å²) in [6.45, 7) is 0.211. The molecule has 1 heterocycles. The average Bonchev–Trinajstić information content (AvgIpc) is 2.87. The van der Waals surface area contributed by atoms with Gasteiger partial charge in [0.2, 0.25) is 0 Å². The predicted octanol–water partition coefficient (Wildman–Crippen LogP) is 0.902. The van der Waals surface area contributed by atoms with E-state index < -0.39 is 16.0 Å². The van der Waals surface area contributed by atoms with Gasteiger partial charge < -0.3 is 4.74 Å². The molecule has 0 spiro atoms. The summed E-state index contributed by atoms with van der Waals surface area (Å²) in [5.41, 5.74) is 1.06. The molecule has 0 aliphatic heterocycles. The van der Waals surface area contributed by atoms with Crippen molar-refractivity contribution in [2.24, 2.45) is 0 Å². The normalized spacial score (nSPS) is 10.9. The lowest BCUT2D eigenvalue weighted by Gasteiger charge is -2.05. The number of sulfonamides is 1. The van der Waals surface area contributed by atoms with Gasteiger partial charge in [0.15, 0.2) is 9.90 Å². The minimum atomic E-state index is -3.77. The van der Waals surface area contributed by atoms with Gasteiger partial charge >= 0.3 is 5.97 Å². The molecule has 0 atom stereocenters. The van der Waals surface area contributed by atoms with Crippen molar-refractivity contribution in [2.45, 2.75) is 23.5 Å². The number of nitrogens with one attached hydrogen (secondary N) is 1. The van der Waals surface area contributed by atoms with Gasteiger partial charge in [-0.25, -0.2) is 22.9 Å². The number of hydrogen-bond acceptors (Lipinski definition) is 7. The van der Waals surface area contributed by atoms with Crippen molar-refractivity contribution in [3.63, 3.8) is 0 Å². The lowest BCUT2D eigenvalue weighted by Crippen LogP contribution is -2.25. The van der Waals surface area contributed by atoms with Gasteiger partial charge in [0.1, 0.15) is 0 Å². The fraction of sp³-hybridized carbons (Fsp3) is 0.500. The van der Waals surface area contributed by atoms with Crippen LogP contribution in [0.25, 0.3) is 0 Å². The number of nitrogens with zero attached hydrogens (tertiary/aromatic N) is 2. The van der Waals surface area contributed by atoms with E-state index in [0.717, 1.165) is 18.4 Å². The highest BCUT2D eigenvalue weighted by molar-refractivity contribution is 7.91. The molecule has 0 saturated heterocycles. The number of thiazole rings is 1. The lowest BCUT2D eigenvalue weighted by molar-refractivity contribution is 0.0590. The summed E-state index contributed by atoms with van der Waals surface area (Å²) >= 11 is 0.854. The molecule has 1 aromatic heterocycles. The molecule has 0 saturated carbocycles. The highest BCUT2D eigenvalue weighted by Crippen LogP contribution is 2.20. The van der Waals surface area contributed by atoms with Crippen LogP contribution >= 0.6 is 11.3 Å². The number of rotatable bonds is 7. The fourth-order valence-electron chi connectivity index (χ4n) is 1.26. The van der Waals surface area contributed by atoms with Crippen LogP contribution in [0, 0.1) is 11.3 Å². The molecule has 0 radical (unpaired) electrons. The van der Waals surface area contributed by atoms with E-state index in [1.807, 2.05) is 6.07 Å². The van der Waals surface area contributed by atoms with E-state index in [-0.39, 0.29) is 16.4 Å². The molecule has 1 aromatic rings. The zero-order chi connectivity index (χ0) is 14.3. The second kappa shape index (κ2) is 7.18. The predicted molar refractivity (Wildman–Crippen MR) is 68.1 cm³/mol. The van der Waals surface area contributed by atoms with Gasteiger partial charge in [0.05, 0.1) is 18.7 Å². The summed E-state index contributed by atoms with van der Waals surface area (Å²) in [5, 5.41) is 8.35. The van der Waals surface area contributed by atoms with E-state index in [4.69, 9.17) is 5.26 Å². The van der Waals surface area contributed by atoms with Crippen LogP contribution in [0.1, 0.15) is 29.8 Å². The Balaban J connectivity index is 2.70. The van der Waals surface area contributed by atoms with Crippen molar-refractivity contribution < 1.29 is 17.9 Å². The standard InChI is InChI=1S/C10H13N3O4S2/c1-17-9(14)8-10(18-7-12-8)19(15,16)13-6-4-2-3-5-11/h7,13H,2-4,6H2,1H3. The first-order chi connectivity index (χ1) is 9.03. The van der Waals surface area contributed by atoms with Crippen LogP contribution < -0.4 is 4.72 Å². The quantitative estimate of drug-likeness (QED) is 0.592. The largest absolute Gasteiger partial charge is 0.464 e. The van der Waals surface area contributed by atoms with Crippen LogP contribution in [-0.4, -0.2) is 33.0 Å². The molecular weight excluding hydrogens is 290 g/mol. The summed E-state index contributed by atoms with van der Waals surface area (Å²) < 4.78 is 30.6. The minimum absolute atomic E-state index is 0.153. The Morgan fingerprint density at radius 2 is 2.32 bits per heavy atom. The van der Waals surface area contributed by atoms with Gasteiger partial charge in [-0.1, -0.05) is 0 Å². The number of hydrogen-bond donors (Lipinski definition) is 1. The van der Waals surface area contributed by atoms with Gasteiger partial charge in [0.25, 0.3) is 10.0 Å². The highest BCUT2D eigenvalue weighted by Gasteiger charge is 2.25. The maximum atomic E-state index is 12.0. The Morgan fingerprint density at radius 1 is 1.58 bits per heavy atom. The van der Waals surface area contributed by atoms with E-state index in [9.17, 15) is 13.2 Å². The lowest BCUT2D eigenvalue weighted by atomic mass is 10.2. The molecule has 104 valence electrons. The van der Waals surface area contributed by atoms with Gasteiger partial charge in [-0.05, 0) is 12.8 Å². The van der Waals surface area contributed by atoms with Crippen molar-refractivity contribution in [3.8, 4) is 6.07 Å². The molecular formula is C10H13N3O4S2. The topological polar surface area (TPSA) is 109 Å². The molecule has 1 N–H and O–H groups in total. The van der Waals surface area contributed by atoms with Crippen molar-refractivity contribution in [2.75, 3.05) is 13.7 Å². The van der Waals surface area contributed by atoms with Crippen molar-refractivity contribution in [1.29, 1.82) is 5.26 Å². The zero-order valence-electron chi connectivity index (χ0n) is 10.2. The van der Waals surface area contributed by atoms with E-state index in [0.29, 0.717) is 19.3 Å². The molecule has 0 aliphatic rings. The van der Waals surface area contributed by atoms with Crippen molar-refractivity contribution >= 4 is 27.3 Å². The summed E-state index contributed by atoms with van der Waals surface area (Å²) in [7, 11) is -2.61. The Bertz CT molecular complexity index is 574. The van der Waals surface area contributed by atoms with E-state index in [2.05, 4.69) is 14.4 Å². The molecule has 0 aromatic carbocycles.